The van der Waals surface area contributed by atoms with Gasteiger partial charge >= 0.3 is 12.1 Å². The Balaban J connectivity index is 1.98. The van der Waals surface area contributed by atoms with Gasteiger partial charge in [-0.25, -0.2) is 4.79 Å². The zero-order valence-corrected chi connectivity index (χ0v) is 12.6. The lowest BCUT2D eigenvalue weighted by molar-refractivity contribution is -0.140. The van der Waals surface area contributed by atoms with Crippen molar-refractivity contribution in [3.63, 3.8) is 0 Å². The Morgan fingerprint density at radius 2 is 1.96 bits per heavy atom. The number of hydrogen-bond acceptors (Lipinski definition) is 6. The van der Waals surface area contributed by atoms with Crippen molar-refractivity contribution in [2.45, 2.75) is 6.18 Å². The van der Waals surface area contributed by atoms with Crippen LogP contribution in [-0.4, -0.2) is 51.5 Å². The van der Waals surface area contributed by atoms with Crippen LogP contribution in [0.1, 0.15) is 10.4 Å². The fourth-order valence-electron chi connectivity index (χ4n) is 1.86. The van der Waals surface area contributed by atoms with E-state index < -0.39 is 31.2 Å². The molecule has 0 atom stereocenters. The second-order valence-electron chi connectivity index (χ2n) is 4.67. The summed E-state index contributed by atoms with van der Waals surface area (Å²) in [4.78, 5) is 23.2. The van der Waals surface area contributed by atoms with Crippen LogP contribution in [0.4, 0.5) is 13.2 Å². The van der Waals surface area contributed by atoms with E-state index in [0.717, 1.165) is 0 Å². The van der Waals surface area contributed by atoms with Gasteiger partial charge in [0.15, 0.2) is 18.1 Å². The number of amides is 1. The monoisotopic (exact) mass is 349 g/mol. The zero-order valence-electron chi connectivity index (χ0n) is 12.6. The van der Waals surface area contributed by atoms with Crippen molar-refractivity contribution in [2.24, 2.45) is 0 Å². The zero-order chi connectivity index (χ0) is 17.7. The lowest BCUT2D eigenvalue weighted by Gasteiger charge is -2.21. The van der Waals surface area contributed by atoms with E-state index in [4.69, 9.17) is 14.2 Å². The Hall–Kier alpha value is -2.65. The predicted molar refractivity (Wildman–Crippen MR) is 73.3 cm³/mol. The summed E-state index contributed by atoms with van der Waals surface area (Å²) in [5.41, 5.74) is 0.0136. The van der Waals surface area contributed by atoms with Crippen LogP contribution in [0.2, 0.25) is 0 Å². The Kier molecular flexibility index (Phi) is 5.37. The summed E-state index contributed by atoms with van der Waals surface area (Å²) in [6, 6.07) is 2.66. The second kappa shape index (κ2) is 7.28. The molecular formula is C14H14F3NO6. The van der Waals surface area contributed by atoms with Crippen molar-refractivity contribution < 1.29 is 41.7 Å². The number of carbonyl (C=O) groups excluding carboxylic acids is 2. The first-order valence-electron chi connectivity index (χ1n) is 6.78. The van der Waals surface area contributed by atoms with Gasteiger partial charge < -0.3 is 24.3 Å². The number of hydrogen-bond donors (Lipinski definition) is 1. The number of alkyl halides is 3. The van der Waals surface area contributed by atoms with Gasteiger partial charge in [-0.3, -0.25) is 4.79 Å². The number of fused-ring (bicyclic) bond motifs is 1. The smallest absolute Gasteiger partial charge is 0.405 e. The first kappa shape index (κ1) is 17.7. The van der Waals surface area contributed by atoms with Gasteiger partial charge in [0.25, 0.3) is 5.91 Å². The van der Waals surface area contributed by atoms with Crippen LogP contribution in [0.3, 0.4) is 0 Å². The predicted octanol–water partition coefficient (Wildman–Crippen LogP) is 1.30. The van der Waals surface area contributed by atoms with Gasteiger partial charge in [-0.1, -0.05) is 0 Å². The molecule has 1 amide bonds. The van der Waals surface area contributed by atoms with Gasteiger partial charge in [-0.15, -0.1) is 0 Å². The Morgan fingerprint density at radius 1 is 1.25 bits per heavy atom. The number of esters is 1. The lowest BCUT2D eigenvalue weighted by Crippen LogP contribution is -2.36. The van der Waals surface area contributed by atoms with Crippen LogP contribution in [0.25, 0.3) is 0 Å². The highest BCUT2D eigenvalue weighted by molar-refractivity contribution is 5.92. The van der Waals surface area contributed by atoms with Crippen LogP contribution in [0, 0.1) is 0 Å². The fraction of sp³-hybridized carbons (Fsp3) is 0.429. The molecule has 1 aliphatic heterocycles. The number of methoxy groups -OCH3 is 1. The van der Waals surface area contributed by atoms with Gasteiger partial charge in [0, 0.05) is 0 Å². The van der Waals surface area contributed by atoms with Gasteiger partial charge in [0.2, 0.25) is 5.75 Å². The molecule has 0 saturated heterocycles. The maximum atomic E-state index is 12.0. The topological polar surface area (TPSA) is 83.1 Å². The molecule has 132 valence electrons. The van der Waals surface area contributed by atoms with E-state index in [2.05, 4.69) is 4.74 Å². The minimum atomic E-state index is -4.54. The Labute approximate surface area is 134 Å². The number of nitrogens with one attached hydrogen (secondary N) is 1. The summed E-state index contributed by atoms with van der Waals surface area (Å²) in [6.45, 7) is -1.73. The molecule has 0 spiro atoms. The largest absolute Gasteiger partial charge is 0.493 e. The Morgan fingerprint density at radius 3 is 2.62 bits per heavy atom. The van der Waals surface area contributed by atoms with Crippen molar-refractivity contribution in [3.05, 3.63) is 17.7 Å². The van der Waals surface area contributed by atoms with Crippen molar-refractivity contribution in [2.75, 3.05) is 33.5 Å². The van der Waals surface area contributed by atoms with Crippen LogP contribution >= 0.6 is 0 Å². The van der Waals surface area contributed by atoms with Gasteiger partial charge in [0.1, 0.15) is 19.8 Å². The summed E-state index contributed by atoms with van der Waals surface area (Å²) in [5.74, 6) is -1.13. The van der Waals surface area contributed by atoms with Crippen LogP contribution in [-0.2, 0) is 9.53 Å². The second-order valence-corrected chi connectivity index (χ2v) is 4.67. The highest BCUT2D eigenvalue weighted by atomic mass is 19.4. The van der Waals surface area contributed by atoms with E-state index in [1.807, 2.05) is 0 Å². The minimum absolute atomic E-state index is 0.0136. The van der Waals surface area contributed by atoms with E-state index >= 15 is 0 Å². The maximum Gasteiger partial charge on any atom is 0.405 e. The molecule has 0 radical (unpaired) electrons. The summed E-state index contributed by atoms with van der Waals surface area (Å²) in [5, 5.41) is 1.59. The first-order valence-corrected chi connectivity index (χ1v) is 6.78. The molecule has 0 fully saturated rings. The molecule has 0 aliphatic carbocycles. The molecule has 1 aromatic carbocycles. The van der Waals surface area contributed by atoms with Gasteiger partial charge in [0.05, 0.1) is 12.7 Å². The molecule has 0 saturated carbocycles. The van der Waals surface area contributed by atoms with Gasteiger partial charge in [-0.2, -0.15) is 13.2 Å². The van der Waals surface area contributed by atoms with Crippen molar-refractivity contribution in [3.8, 4) is 17.2 Å². The fourth-order valence-corrected chi connectivity index (χ4v) is 1.86. The lowest BCUT2D eigenvalue weighted by atomic mass is 10.1. The number of rotatable bonds is 5. The minimum Gasteiger partial charge on any atom is -0.493 e. The summed E-state index contributed by atoms with van der Waals surface area (Å²) >= 11 is 0. The third-order valence-corrected chi connectivity index (χ3v) is 2.88. The summed E-state index contributed by atoms with van der Waals surface area (Å²) in [6.07, 6.45) is -4.54. The third-order valence-electron chi connectivity index (χ3n) is 2.88. The molecule has 7 nitrogen and oxygen atoms in total. The molecule has 24 heavy (non-hydrogen) atoms. The van der Waals surface area contributed by atoms with E-state index in [1.54, 1.807) is 5.32 Å². The molecule has 0 unspecified atom stereocenters. The molecule has 1 aliphatic rings. The van der Waals surface area contributed by atoms with E-state index in [0.29, 0.717) is 12.4 Å². The third kappa shape index (κ3) is 4.67. The first-order chi connectivity index (χ1) is 11.3. The molecule has 0 aromatic heterocycles. The molecular weight excluding hydrogens is 335 g/mol. The number of halogens is 3. The van der Waals surface area contributed by atoms with Crippen molar-refractivity contribution in [1.29, 1.82) is 0 Å². The van der Waals surface area contributed by atoms with E-state index in [-0.39, 0.29) is 23.7 Å². The number of benzene rings is 1. The average Bonchev–Trinajstić information content (AvgIpc) is 2.56. The number of ether oxygens (including phenoxy) is 4. The molecule has 10 heteroatoms. The molecule has 1 heterocycles. The van der Waals surface area contributed by atoms with E-state index in [9.17, 15) is 22.8 Å². The van der Waals surface area contributed by atoms with Crippen LogP contribution in [0.5, 0.6) is 17.2 Å². The van der Waals surface area contributed by atoms with Crippen LogP contribution < -0.4 is 19.5 Å². The summed E-state index contributed by atoms with van der Waals surface area (Å²) in [7, 11) is 1.37. The van der Waals surface area contributed by atoms with Gasteiger partial charge in [-0.05, 0) is 12.1 Å². The van der Waals surface area contributed by atoms with Crippen molar-refractivity contribution >= 4 is 11.9 Å². The SMILES string of the molecule is COc1cc(C(=O)OCC(=O)NCC(F)(F)F)cc2c1OCCO2. The molecule has 1 aromatic rings. The maximum absolute atomic E-state index is 12.0. The standard InChI is InChI=1S/C14H14F3NO6/c1-21-9-4-8(5-10-12(9)23-3-2-22-10)13(20)24-6-11(19)18-7-14(15,16)17/h4-5H,2-3,6-7H2,1H3,(H,18,19). The molecule has 2 rings (SSSR count). The Bertz CT molecular complexity index is 614. The molecule has 1 N–H and O–H groups in total. The quantitative estimate of drug-likeness (QED) is 0.807. The van der Waals surface area contributed by atoms with E-state index in [1.165, 1.54) is 19.2 Å². The molecule has 0 bridgehead atoms. The highest BCUT2D eigenvalue weighted by Crippen LogP contribution is 2.40. The van der Waals surface area contributed by atoms with Crippen LogP contribution in [0.15, 0.2) is 12.1 Å². The highest BCUT2D eigenvalue weighted by Gasteiger charge is 2.28. The summed E-state index contributed by atoms with van der Waals surface area (Å²) < 4.78 is 56.4. The normalized spacial score (nSPS) is 13.2. The van der Waals surface area contributed by atoms with Crippen molar-refractivity contribution in [1.82, 2.24) is 5.32 Å². The average molecular weight is 349 g/mol. The number of carbonyl (C=O) groups is 2.